The van der Waals surface area contributed by atoms with Crippen molar-refractivity contribution in [1.82, 2.24) is 14.5 Å². The number of alkyl halides is 3. The number of anilines is 1. The van der Waals surface area contributed by atoms with Crippen LogP contribution in [0, 0.1) is 6.92 Å². The first-order valence-electron chi connectivity index (χ1n) is 9.74. The smallest absolute Gasteiger partial charge is 0.337 e. The molecule has 10 heteroatoms. The van der Waals surface area contributed by atoms with Crippen LogP contribution in [0.3, 0.4) is 0 Å². The van der Waals surface area contributed by atoms with Gasteiger partial charge in [0.2, 0.25) is 0 Å². The van der Waals surface area contributed by atoms with Crippen LogP contribution in [-0.4, -0.2) is 27.0 Å². The molecule has 2 aromatic heterocycles. The molecule has 1 amide bonds. The quantitative estimate of drug-likeness (QED) is 0.331. The highest BCUT2D eigenvalue weighted by Gasteiger charge is 2.32. The van der Waals surface area contributed by atoms with Crippen molar-refractivity contribution >= 4 is 44.2 Å². The molecule has 0 fully saturated rings. The van der Waals surface area contributed by atoms with E-state index in [1.165, 1.54) is 28.4 Å². The van der Waals surface area contributed by atoms with Gasteiger partial charge >= 0.3 is 6.18 Å². The molecule has 5 nitrogen and oxygen atoms in total. The maximum atomic E-state index is 13.3. The largest absolute Gasteiger partial charge is 0.416 e. The molecule has 0 spiro atoms. The van der Waals surface area contributed by atoms with Crippen molar-refractivity contribution in [2.75, 3.05) is 11.4 Å². The molecule has 0 bridgehead atoms. The lowest BCUT2D eigenvalue weighted by Gasteiger charge is -2.20. The summed E-state index contributed by atoms with van der Waals surface area (Å²) in [5, 5.41) is 0.906. The number of amides is 1. The second-order valence-corrected chi connectivity index (χ2v) is 8.61. The Morgan fingerprint density at radius 3 is 2.75 bits per heavy atom. The Morgan fingerprint density at radius 2 is 2.06 bits per heavy atom. The molecule has 32 heavy (non-hydrogen) atoms. The lowest BCUT2D eigenvalue weighted by atomic mass is 10.1. The van der Waals surface area contributed by atoms with E-state index in [0.29, 0.717) is 28.6 Å². The van der Waals surface area contributed by atoms with E-state index in [1.54, 1.807) is 24.8 Å². The van der Waals surface area contributed by atoms with E-state index in [2.05, 4.69) is 9.97 Å². The number of aryl methyl sites for hydroxylation is 2. The zero-order valence-electron chi connectivity index (χ0n) is 16.9. The van der Waals surface area contributed by atoms with Gasteiger partial charge in [0.1, 0.15) is 0 Å². The van der Waals surface area contributed by atoms with E-state index in [4.69, 9.17) is 11.6 Å². The van der Waals surface area contributed by atoms with Crippen molar-refractivity contribution < 1.29 is 18.0 Å². The van der Waals surface area contributed by atoms with E-state index in [9.17, 15) is 18.0 Å². The van der Waals surface area contributed by atoms with Gasteiger partial charge in [0, 0.05) is 31.0 Å². The lowest BCUT2D eigenvalue weighted by molar-refractivity contribution is -0.137. The molecule has 0 aliphatic heterocycles. The standard InChI is InChI=1S/C22H18ClF3N4OS/c1-14-6-7-17(23)19-18(14)28-21(32-19)30(10-3-9-29-11-8-27-13-29)20(31)15-4-2-5-16(12-15)22(24,25)26/h2,4-8,11-13H,3,9-10H2,1H3. The molecular formula is C22H18ClF3N4OS. The summed E-state index contributed by atoms with van der Waals surface area (Å²) in [5.41, 5.74) is 0.653. The highest BCUT2D eigenvalue weighted by Crippen LogP contribution is 2.36. The third kappa shape index (κ3) is 4.63. The van der Waals surface area contributed by atoms with Gasteiger partial charge in [-0.1, -0.05) is 35.1 Å². The first-order chi connectivity index (χ1) is 15.2. The van der Waals surface area contributed by atoms with Gasteiger partial charge in [0.15, 0.2) is 5.13 Å². The van der Waals surface area contributed by atoms with Crippen molar-refractivity contribution in [3.8, 4) is 0 Å². The van der Waals surface area contributed by atoms with Crippen LogP contribution in [0.1, 0.15) is 27.9 Å². The second kappa shape index (κ2) is 8.91. The number of halogens is 4. The highest BCUT2D eigenvalue weighted by molar-refractivity contribution is 7.23. The summed E-state index contributed by atoms with van der Waals surface area (Å²) < 4.78 is 42.2. The van der Waals surface area contributed by atoms with Crippen LogP contribution in [0.5, 0.6) is 0 Å². The van der Waals surface area contributed by atoms with Crippen molar-refractivity contribution in [2.24, 2.45) is 0 Å². The lowest BCUT2D eigenvalue weighted by Crippen LogP contribution is -2.32. The number of carbonyl (C=O) groups is 1. The van der Waals surface area contributed by atoms with Crippen LogP contribution in [0.25, 0.3) is 10.2 Å². The number of benzene rings is 2. The summed E-state index contributed by atoms with van der Waals surface area (Å²) in [4.78, 5) is 23.4. The van der Waals surface area contributed by atoms with E-state index < -0.39 is 17.6 Å². The Morgan fingerprint density at radius 1 is 1.25 bits per heavy atom. The second-order valence-electron chi connectivity index (χ2n) is 7.23. The first-order valence-corrected chi connectivity index (χ1v) is 10.9. The third-order valence-corrected chi connectivity index (χ3v) is 6.49. The van der Waals surface area contributed by atoms with Crippen LogP contribution in [-0.2, 0) is 12.7 Å². The van der Waals surface area contributed by atoms with E-state index in [0.717, 1.165) is 22.4 Å². The Kier molecular flexibility index (Phi) is 6.21. The maximum absolute atomic E-state index is 13.3. The molecular weight excluding hydrogens is 461 g/mol. The molecule has 0 radical (unpaired) electrons. The fourth-order valence-corrected chi connectivity index (χ4v) is 4.65. The van der Waals surface area contributed by atoms with Crippen molar-refractivity contribution in [2.45, 2.75) is 26.1 Å². The van der Waals surface area contributed by atoms with Gasteiger partial charge in [0.25, 0.3) is 5.91 Å². The zero-order chi connectivity index (χ0) is 22.9. The molecule has 166 valence electrons. The van der Waals surface area contributed by atoms with Gasteiger partial charge in [-0.2, -0.15) is 13.2 Å². The monoisotopic (exact) mass is 478 g/mol. The van der Waals surface area contributed by atoms with Gasteiger partial charge in [-0.05, 0) is 43.2 Å². The zero-order valence-corrected chi connectivity index (χ0v) is 18.5. The average molecular weight is 479 g/mol. The summed E-state index contributed by atoms with van der Waals surface area (Å²) in [7, 11) is 0. The predicted molar refractivity (Wildman–Crippen MR) is 119 cm³/mol. The highest BCUT2D eigenvalue weighted by atomic mass is 35.5. The summed E-state index contributed by atoms with van der Waals surface area (Å²) in [5.74, 6) is -0.547. The molecule has 4 aromatic rings. The van der Waals surface area contributed by atoms with Crippen molar-refractivity contribution in [1.29, 1.82) is 0 Å². The van der Waals surface area contributed by atoms with E-state index >= 15 is 0 Å². The number of thiazole rings is 1. The number of carbonyl (C=O) groups excluding carboxylic acids is 1. The number of fused-ring (bicyclic) bond motifs is 1. The third-order valence-electron chi connectivity index (χ3n) is 4.96. The summed E-state index contributed by atoms with van der Waals surface area (Å²) >= 11 is 7.57. The van der Waals surface area contributed by atoms with Crippen LogP contribution < -0.4 is 4.90 Å². The van der Waals surface area contributed by atoms with Gasteiger partial charge in [-0.3, -0.25) is 9.69 Å². The fourth-order valence-electron chi connectivity index (χ4n) is 3.31. The van der Waals surface area contributed by atoms with Crippen molar-refractivity contribution in [3.05, 3.63) is 76.8 Å². The Bertz CT molecular complexity index is 1220. The molecule has 0 atom stereocenters. The molecule has 0 N–H and O–H groups in total. The molecule has 0 aliphatic carbocycles. The van der Waals surface area contributed by atoms with E-state index in [-0.39, 0.29) is 12.1 Å². The van der Waals surface area contributed by atoms with Gasteiger partial charge < -0.3 is 4.57 Å². The predicted octanol–water partition coefficient (Wildman–Crippen LogP) is 6.21. The average Bonchev–Trinajstić information content (AvgIpc) is 3.44. The number of hydrogen-bond acceptors (Lipinski definition) is 4. The molecule has 2 aromatic carbocycles. The van der Waals surface area contributed by atoms with Crippen LogP contribution in [0.4, 0.5) is 18.3 Å². The number of imidazole rings is 1. The Labute approximate surface area is 191 Å². The van der Waals surface area contributed by atoms with E-state index in [1.807, 2.05) is 17.6 Å². The Hall–Kier alpha value is -2.91. The molecule has 2 heterocycles. The van der Waals surface area contributed by atoms with Crippen LogP contribution >= 0.6 is 22.9 Å². The minimum atomic E-state index is -4.54. The minimum Gasteiger partial charge on any atom is -0.337 e. The molecule has 0 unspecified atom stereocenters. The van der Waals surface area contributed by atoms with Gasteiger partial charge in [-0.15, -0.1) is 0 Å². The van der Waals surface area contributed by atoms with Crippen molar-refractivity contribution in [3.63, 3.8) is 0 Å². The summed E-state index contributed by atoms with van der Waals surface area (Å²) in [6.07, 6.45) is 1.15. The minimum absolute atomic E-state index is 0.0514. The molecule has 0 saturated carbocycles. The normalized spacial score (nSPS) is 11.8. The Balaban J connectivity index is 1.70. The molecule has 0 saturated heterocycles. The maximum Gasteiger partial charge on any atom is 0.416 e. The van der Waals surface area contributed by atoms with Gasteiger partial charge in [-0.25, -0.2) is 9.97 Å². The number of hydrogen-bond donors (Lipinski definition) is 0. The number of nitrogens with zero attached hydrogens (tertiary/aromatic N) is 4. The van der Waals surface area contributed by atoms with Crippen LogP contribution in [0.15, 0.2) is 55.1 Å². The fraction of sp³-hybridized carbons (Fsp3) is 0.227. The van der Waals surface area contributed by atoms with Crippen LogP contribution in [0.2, 0.25) is 5.02 Å². The summed E-state index contributed by atoms with van der Waals surface area (Å²) in [6, 6.07) is 8.04. The SMILES string of the molecule is Cc1ccc(Cl)c2sc(N(CCCn3ccnc3)C(=O)c3cccc(C(F)(F)F)c3)nc12. The first kappa shape index (κ1) is 22.3. The topological polar surface area (TPSA) is 51.0 Å². The summed E-state index contributed by atoms with van der Waals surface area (Å²) in [6.45, 7) is 2.75. The van der Waals surface area contributed by atoms with Gasteiger partial charge in [0.05, 0.1) is 27.1 Å². The number of aromatic nitrogens is 3. The molecule has 0 aliphatic rings. The number of rotatable bonds is 6. The molecule has 4 rings (SSSR count).